The van der Waals surface area contributed by atoms with Gasteiger partial charge in [0.05, 0.1) is 22.4 Å². The molecule has 2 aromatic heterocycles. The highest BCUT2D eigenvalue weighted by molar-refractivity contribution is 7.89. The number of nitrogens with one attached hydrogen (secondary N) is 2. The van der Waals surface area contributed by atoms with Crippen molar-refractivity contribution >= 4 is 38.7 Å². The fourth-order valence-corrected chi connectivity index (χ4v) is 4.90. The van der Waals surface area contributed by atoms with Crippen LogP contribution in [0.5, 0.6) is 0 Å². The number of amides is 2. The number of aromatic amines is 1. The molecule has 0 radical (unpaired) electrons. The van der Waals surface area contributed by atoms with Crippen LogP contribution in [-0.2, 0) is 14.8 Å². The van der Waals surface area contributed by atoms with Gasteiger partial charge in [0.2, 0.25) is 15.9 Å². The van der Waals surface area contributed by atoms with Gasteiger partial charge in [0.15, 0.2) is 0 Å². The Hall–Kier alpha value is -3.51. The zero-order chi connectivity index (χ0) is 23.2. The van der Waals surface area contributed by atoms with Crippen molar-refractivity contribution in [1.82, 2.24) is 25.2 Å². The molecule has 1 aromatic carbocycles. The maximum Gasteiger partial charge on any atom is 0.251 e. The zero-order valence-corrected chi connectivity index (χ0v) is 18.5. The Bertz CT molecular complexity index is 1330. The minimum absolute atomic E-state index is 0.0794. The van der Waals surface area contributed by atoms with Gasteiger partial charge in [-0.25, -0.2) is 23.5 Å². The Kier molecular flexibility index (Phi) is 5.05. The molecule has 2 amide bonds. The molecule has 1 saturated heterocycles. The van der Waals surface area contributed by atoms with E-state index in [9.17, 15) is 18.0 Å². The highest BCUT2D eigenvalue weighted by atomic mass is 32.2. The molecule has 1 aliphatic carbocycles. The van der Waals surface area contributed by atoms with Crippen LogP contribution in [-0.4, -0.2) is 71.8 Å². The third kappa shape index (κ3) is 4.02. The largest absolute Gasteiger partial charge is 0.352 e. The molecule has 2 fully saturated rings. The van der Waals surface area contributed by atoms with Gasteiger partial charge in [-0.3, -0.25) is 9.59 Å². The molecule has 11 nitrogen and oxygen atoms in total. The first-order chi connectivity index (χ1) is 15.8. The molecule has 33 heavy (non-hydrogen) atoms. The molecule has 2 aliphatic rings. The number of rotatable bonds is 5. The maximum absolute atomic E-state index is 13.0. The summed E-state index contributed by atoms with van der Waals surface area (Å²) in [5.74, 6) is 0.260. The number of nitrogens with two attached hydrogens (primary N) is 1. The quantitative estimate of drug-likeness (QED) is 0.483. The topological polar surface area (TPSA) is 154 Å². The van der Waals surface area contributed by atoms with Crippen molar-refractivity contribution in [3.05, 3.63) is 48.4 Å². The maximum atomic E-state index is 13.0. The molecule has 12 heteroatoms. The van der Waals surface area contributed by atoms with Crippen LogP contribution >= 0.6 is 0 Å². The molecule has 0 unspecified atom stereocenters. The van der Waals surface area contributed by atoms with Crippen molar-refractivity contribution in [3.8, 4) is 0 Å². The number of hydrogen-bond donors (Lipinski definition) is 3. The summed E-state index contributed by atoms with van der Waals surface area (Å²) in [5, 5.41) is 8.66. The summed E-state index contributed by atoms with van der Waals surface area (Å²) in [6.45, 7) is 1.72. The van der Waals surface area contributed by atoms with E-state index in [1.54, 1.807) is 0 Å². The Morgan fingerprint density at radius 2 is 1.88 bits per heavy atom. The van der Waals surface area contributed by atoms with E-state index in [-0.39, 0.29) is 28.4 Å². The van der Waals surface area contributed by atoms with Crippen molar-refractivity contribution in [3.63, 3.8) is 0 Å². The summed E-state index contributed by atoms with van der Waals surface area (Å²) in [5.41, 5.74) is 0.786. The second-order valence-corrected chi connectivity index (χ2v) is 9.94. The van der Waals surface area contributed by atoms with Crippen molar-refractivity contribution in [2.75, 3.05) is 31.1 Å². The summed E-state index contributed by atoms with van der Waals surface area (Å²) in [7, 11) is -3.83. The number of fused-ring (bicyclic) bond motifs is 1. The van der Waals surface area contributed by atoms with Crippen LogP contribution in [0, 0.1) is 0 Å². The predicted molar refractivity (Wildman–Crippen MR) is 120 cm³/mol. The van der Waals surface area contributed by atoms with E-state index in [1.165, 1.54) is 30.6 Å². The minimum Gasteiger partial charge on any atom is -0.352 e. The lowest BCUT2D eigenvalue weighted by molar-refractivity contribution is -0.133. The number of piperazine rings is 1. The Balaban J connectivity index is 1.22. The van der Waals surface area contributed by atoms with Crippen molar-refractivity contribution in [2.45, 2.75) is 23.3 Å². The molecule has 3 heterocycles. The van der Waals surface area contributed by atoms with Crippen LogP contribution in [0.15, 0.2) is 47.8 Å². The Morgan fingerprint density at radius 3 is 2.58 bits per heavy atom. The van der Waals surface area contributed by atoms with Gasteiger partial charge in [-0.05, 0) is 43.2 Å². The molecule has 3 aromatic rings. The van der Waals surface area contributed by atoms with E-state index in [2.05, 4.69) is 25.2 Å². The highest BCUT2D eigenvalue weighted by Gasteiger charge is 2.53. The summed E-state index contributed by atoms with van der Waals surface area (Å²) in [6, 6.07) is 7.21. The lowest BCUT2D eigenvalue weighted by atomic mass is 10.1. The van der Waals surface area contributed by atoms with E-state index in [0.29, 0.717) is 19.6 Å². The lowest BCUT2D eigenvalue weighted by Gasteiger charge is -2.42. The fraction of sp³-hybridized carbons (Fsp3) is 0.333. The van der Waals surface area contributed by atoms with Crippen LogP contribution in [0.1, 0.15) is 23.2 Å². The molecular formula is C21H23N7O4S. The number of anilines is 1. The summed E-state index contributed by atoms with van der Waals surface area (Å²) >= 11 is 0. The highest BCUT2D eigenvalue weighted by Crippen LogP contribution is 2.45. The monoisotopic (exact) mass is 469 g/mol. The second-order valence-electron chi connectivity index (χ2n) is 8.38. The summed E-state index contributed by atoms with van der Waals surface area (Å²) in [6.07, 6.45) is 5.18. The first kappa shape index (κ1) is 21.3. The second kappa shape index (κ2) is 7.81. The number of benzene rings is 1. The first-order valence-electron chi connectivity index (χ1n) is 10.5. The average Bonchev–Trinajstić information content (AvgIpc) is 3.38. The van der Waals surface area contributed by atoms with Gasteiger partial charge in [0, 0.05) is 31.4 Å². The Labute approximate surface area is 190 Å². The van der Waals surface area contributed by atoms with Gasteiger partial charge in [0.25, 0.3) is 5.91 Å². The Morgan fingerprint density at radius 1 is 1.12 bits per heavy atom. The van der Waals surface area contributed by atoms with Gasteiger partial charge in [-0.1, -0.05) is 0 Å². The number of hydrogen-bond acceptors (Lipinski definition) is 7. The van der Waals surface area contributed by atoms with Gasteiger partial charge in [0.1, 0.15) is 17.8 Å². The molecule has 172 valence electrons. The average molecular weight is 470 g/mol. The van der Waals surface area contributed by atoms with Gasteiger partial charge >= 0.3 is 0 Å². The third-order valence-corrected chi connectivity index (χ3v) is 7.19. The van der Waals surface area contributed by atoms with Crippen molar-refractivity contribution in [1.29, 1.82) is 0 Å². The van der Waals surface area contributed by atoms with E-state index in [0.717, 1.165) is 29.7 Å². The van der Waals surface area contributed by atoms with E-state index >= 15 is 0 Å². The molecule has 1 spiro atoms. The number of aromatic nitrogens is 3. The molecule has 0 atom stereocenters. The van der Waals surface area contributed by atoms with Crippen LogP contribution in [0.3, 0.4) is 0 Å². The first-order valence-corrected chi connectivity index (χ1v) is 12.1. The predicted octanol–water partition coefficient (Wildman–Crippen LogP) is 0.217. The zero-order valence-electron chi connectivity index (χ0n) is 17.7. The summed E-state index contributed by atoms with van der Waals surface area (Å²) in [4.78, 5) is 41.2. The number of carbonyl (C=O) groups is 2. The number of carbonyl (C=O) groups excluding carboxylic acids is 2. The van der Waals surface area contributed by atoms with Gasteiger partial charge < -0.3 is 20.1 Å². The minimum atomic E-state index is -3.83. The molecule has 1 saturated carbocycles. The number of sulfonamides is 1. The smallest absolute Gasteiger partial charge is 0.251 e. The van der Waals surface area contributed by atoms with Crippen LogP contribution in [0.2, 0.25) is 0 Å². The molecule has 1 aliphatic heterocycles. The standard InChI is InChI=1S/C21H23N7O4S/c22-33(31,32)15-3-1-14(2-4-15)20(30)24-11-17(29)28-10-9-27(12-21(28)6-7-21)19-16-5-8-23-18(16)25-13-26-19/h1-5,8,13H,6-7,9-12H2,(H,24,30)(H2,22,31,32)(H,23,25,26). The van der Waals surface area contributed by atoms with Crippen LogP contribution < -0.4 is 15.4 Å². The van der Waals surface area contributed by atoms with Gasteiger partial charge in [-0.2, -0.15) is 0 Å². The molecule has 0 bridgehead atoms. The van der Waals surface area contributed by atoms with Crippen LogP contribution in [0.25, 0.3) is 11.0 Å². The fourth-order valence-electron chi connectivity index (χ4n) is 4.38. The molecular weight excluding hydrogens is 446 g/mol. The SMILES string of the molecule is NS(=O)(=O)c1ccc(C(=O)NCC(=O)N2CCN(c3ncnc4[nH]ccc34)CC23CC3)cc1. The normalized spacial score (nSPS) is 17.4. The van der Waals surface area contributed by atoms with E-state index in [1.807, 2.05) is 17.2 Å². The molecule has 5 rings (SSSR count). The molecule has 4 N–H and O–H groups in total. The number of nitrogens with zero attached hydrogens (tertiary/aromatic N) is 4. The lowest BCUT2D eigenvalue weighted by Crippen LogP contribution is -2.59. The van der Waals surface area contributed by atoms with Crippen molar-refractivity contribution < 1.29 is 18.0 Å². The van der Waals surface area contributed by atoms with Crippen LogP contribution in [0.4, 0.5) is 5.82 Å². The van der Waals surface area contributed by atoms with Crippen molar-refractivity contribution in [2.24, 2.45) is 5.14 Å². The van der Waals surface area contributed by atoms with Gasteiger partial charge in [-0.15, -0.1) is 0 Å². The number of H-pyrrole nitrogens is 1. The van der Waals surface area contributed by atoms with E-state index < -0.39 is 15.9 Å². The van der Waals surface area contributed by atoms with E-state index in [4.69, 9.17) is 5.14 Å². The number of primary sulfonamides is 1. The summed E-state index contributed by atoms with van der Waals surface area (Å²) < 4.78 is 22.7. The third-order valence-electron chi connectivity index (χ3n) is 6.26.